The summed E-state index contributed by atoms with van der Waals surface area (Å²) in [5.74, 6) is -0.00402. The van der Waals surface area contributed by atoms with E-state index in [0.29, 0.717) is 45.8 Å². The first-order valence-electron chi connectivity index (χ1n) is 11.3. The van der Waals surface area contributed by atoms with Crippen LogP contribution in [0.1, 0.15) is 45.5 Å². The first-order chi connectivity index (χ1) is 16.0. The van der Waals surface area contributed by atoms with Crippen molar-refractivity contribution in [3.05, 3.63) is 68.2 Å². The SMILES string of the molecule is CC(=O)c1cc2c(c(C)c1COCC[Si](C)(C)C)N=C1NC(=O)C(c3ccc(Cl)cc3Cl)=CC12. The third kappa shape index (κ3) is 4.91. The fourth-order valence-electron chi connectivity index (χ4n) is 4.27. The molecule has 5 nitrogen and oxygen atoms in total. The fourth-order valence-corrected chi connectivity index (χ4v) is 5.54. The van der Waals surface area contributed by atoms with Gasteiger partial charge in [0, 0.05) is 36.4 Å². The molecule has 0 saturated carbocycles. The molecule has 1 N–H and O–H groups in total. The second kappa shape index (κ2) is 9.42. The Balaban J connectivity index is 1.72. The number of ketones is 1. The minimum Gasteiger partial charge on any atom is -0.377 e. The van der Waals surface area contributed by atoms with Crippen molar-refractivity contribution < 1.29 is 14.3 Å². The van der Waals surface area contributed by atoms with E-state index in [9.17, 15) is 9.59 Å². The van der Waals surface area contributed by atoms with Gasteiger partial charge in [-0.1, -0.05) is 55.0 Å². The van der Waals surface area contributed by atoms with Crippen LogP contribution in [-0.2, 0) is 16.1 Å². The number of halogens is 2. The van der Waals surface area contributed by atoms with Gasteiger partial charge in [-0.2, -0.15) is 0 Å². The van der Waals surface area contributed by atoms with Crippen LogP contribution in [0.4, 0.5) is 5.69 Å². The topological polar surface area (TPSA) is 67.8 Å². The van der Waals surface area contributed by atoms with E-state index >= 15 is 0 Å². The Morgan fingerprint density at radius 2 is 1.94 bits per heavy atom. The highest BCUT2D eigenvalue weighted by Gasteiger charge is 2.36. The molecule has 0 fully saturated rings. The largest absolute Gasteiger partial charge is 0.377 e. The Morgan fingerprint density at radius 1 is 1.21 bits per heavy atom. The van der Waals surface area contributed by atoms with Crippen molar-refractivity contribution in [3.63, 3.8) is 0 Å². The molecule has 2 aliphatic heterocycles. The van der Waals surface area contributed by atoms with Gasteiger partial charge in [0.2, 0.25) is 0 Å². The molecule has 0 bridgehead atoms. The molecule has 2 heterocycles. The van der Waals surface area contributed by atoms with Crippen LogP contribution in [0, 0.1) is 6.92 Å². The highest BCUT2D eigenvalue weighted by atomic mass is 35.5. The lowest BCUT2D eigenvalue weighted by Gasteiger charge is -2.22. The average Bonchev–Trinajstić information content (AvgIpc) is 3.08. The number of hydrogen-bond acceptors (Lipinski definition) is 4. The van der Waals surface area contributed by atoms with E-state index in [-0.39, 0.29) is 17.6 Å². The highest BCUT2D eigenvalue weighted by Crippen LogP contribution is 2.44. The minimum atomic E-state index is -1.21. The van der Waals surface area contributed by atoms with Crippen molar-refractivity contribution in [1.29, 1.82) is 0 Å². The predicted octanol–water partition coefficient (Wildman–Crippen LogP) is 6.70. The summed E-state index contributed by atoms with van der Waals surface area (Å²) >= 11 is 12.4. The predicted molar refractivity (Wildman–Crippen MR) is 141 cm³/mol. The van der Waals surface area contributed by atoms with Crippen molar-refractivity contribution in [2.75, 3.05) is 6.61 Å². The molecule has 0 saturated heterocycles. The fraction of sp³-hybridized carbons (Fsp3) is 0.346. The van der Waals surface area contributed by atoms with Crippen LogP contribution in [0.25, 0.3) is 5.57 Å². The zero-order chi connectivity index (χ0) is 24.8. The van der Waals surface area contributed by atoms with Gasteiger partial charge in [0.05, 0.1) is 23.2 Å². The van der Waals surface area contributed by atoms with Gasteiger partial charge in [-0.3, -0.25) is 9.59 Å². The van der Waals surface area contributed by atoms with E-state index in [0.717, 1.165) is 28.4 Å². The van der Waals surface area contributed by atoms with Gasteiger partial charge in [0.15, 0.2) is 5.78 Å². The van der Waals surface area contributed by atoms with Gasteiger partial charge >= 0.3 is 0 Å². The number of amidine groups is 1. The maximum absolute atomic E-state index is 12.9. The van der Waals surface area contributed by atoms with Crippen LogP contribution in [0.3, 0.4) is 0 Å². The number of carbonyl (C=O) groups excluding carboxylic acids is 2. The standard InChI is InChI=1S/C26H28Cl2N2O3Si/c1-14-22(13-33-8-9-34(3,4)5)18(15(2)31)11-19-20-12-21(17-7-6-16(27)10-23(17)28)26(32)30-25(20)29-24(14)19/h6-7,10-12,20H,8-9,13H2,1-5H3,(H,29,30,32). The average molecular weight is 516 g/mol. The summed E-state index contributed by atoms with van der Waals surface area (Å²) in [5, 5.41) is 3.82. The van der Waals surface area contributed by atoms with Crippen LogP contribution in [0.5, 0.6) is 0 Å². The molecule has 8 heteroatoms. The molecule has 0 spiro atoms. The highest BCUT2D eigenvalue weighted by molar-refractivity contribution is 6.76. The monoisotopic (exact) mass is 514 g/mol. The lowest BCUT2D eigenvalue weighted by atomic mass is 9.86. The molecule has 0 aliphatic carbocycles. The lowest BCUT2D eigenvalue weighted by molar-refractivity contribution is -0.114. The molecule has 178 valence electrons. The summed E-state index contributed by atoms with van der Waals surface area (Å²) in [6.07, 6.45) is 1.87. The van der Waals surface area contributed by atoms with Crippen LogP contribution >= 0.6 is 23.2 Å². The molecular weight excluding hydrogens is 487 g/mol. The maximum atomic E-state index is 12.9. The van der Waals surface area contributed by atoms with Crippen LogP contribution in [0.15, 0.2) is 35.3 Å². The van der Waals surface area contributed by atoms with Crippen LogP contribution < -0.4 is 5.32 Å². The van der Waals surface area contributed by atoms with Gasteiger partial charge < -0.3 is 10.1 Å². The normalized spacial score (nSPS) is 17.0. The number of amides is 1. The number of rotatable bonds is 7. The van der Waals surface area contributed by atoms with Crippen molar-refractivity contribution in [1.82, 2.24) is 5.32 Å². The second-order valence-corrected chi connectivity index (χ2v) is 16.5. The molecule has 0 aromatic heterocycles. The summed E-state index contributed by atoms with van der Waals surface area (Å²) < 4.78 is 5.99. The summed E-state index contributed by atoms with van der Waals surface area (Å²) in [5.41, 5.74) is 5.15. The first kappa shape index (κ1) is 24.9. The summed E-state index contributed by atoms with van der Waals surface area (Å²) in [6, 6.07) is 8.02. The molecule has 2 aromatic carbocycles. The number of fused-ring (bicyclic) bond motifs is 3. The quantitative estimate of drug-likeness (QED) is 0.254. The van der Waals surface area contributed by atoms with Gasteiger partial charge in [-0.15, -0.1) is 0 Å². The number of carbonyl (C=O) groups is 2. The molecule has 1 amide bonds. The van der Waals surface area contributed by atoms with Crippen LogP contribution in [0.2, 0.25) is 35.7 Å². The molecule has 4 rings (SSSR count). The molecule has 1 unspecified atom stereocenters. The number of hydrogen-bond donors (Lipinski definition) is 1. The molecule has 34 heavy (non-hydrogen) atoms. The minimum absolute atomic E-state index is 0.0204. The number of nitrogens with zero attached hydrogens (tertiary/aromatic N) is 1. The third-order valence-electron chi connectivity index (χ3n) is 6.23. The summed E-state index contributed by atoms with van der Waals surface area (Å²) in [4.78, 5) is 30.2. The van der Waals surface area contributed by atoms with Crippen molar-refractivity contribution in [2.45, 2.75) is 52.1 Å². The van der Waals surface area contributed by atoms with E-state index in [1.807, 2.05) is 19.1 Å². The smallest absolute Gasteiger partial charge is 0.256 e. The van der Waals surface area contributed by atoms with E-state index in [2.05, 4.69) is 25.0 Å². The Morgan fingerprint density at radius 3 is 2.59 bits per heavy atom. The number of Topliss-reactive ketones (excluding diaryl/α,β-unsaturated/α-hetero) is 1. The van der Waals surface area contributed by atoms with Gasteiger partial charge in [0.25, 0.3) is 5.91 Å². The first-order valence-corrected chi connectivity index (χ1v) is 15.7. The van der Waals surface area contributed by atoms with E-state index in [1.54, 1.807) is 25.1 Å². The number of nitrogens with one attached hydrogen (secondary N) is 1. The molecular formula is C26H28Cl2N2O3Si. The molecule has 2 aromatic rings. The maximum Gasteiger partial charge on any atom is 0.256 e. The van der Waals surface area contributed by atoms with E-state index in [4.69, 9.17) is 32.9 Å². The zero-order valence-corrected chi connectivity index (χ0v) is 22.5. The number of benzene rings is 2. The molecule has 2 aliphatic rings. The Hall–Kier alpha value is -2.25. The Labute approximate surface area is 211 Å². The lowest BCUT2D eigenvalue weighted by Crippen LogP contribution is -2.37. The summed E-state index contributed by atoms with van der Waals surface area (Å²) in [6.45, 7) is 11.5. The molecule has 1 atom stereocenters. The van der Waals surface area contributed by atoms with Crippen molar-refractivity contribution >= 4 is 60.1 Å². The van der Waals surface area contributed by atoms with Crippen molar-refractivity contribution in [2.24, 2.45) is 4.99 Å². The van der Waals surface area contributed by atoms with Gasteiger partial charge in [0.1, 0.15) is 5.84 Å². The number of ether oxygens (including phenoxy) is 1. The van der Waals surface area contributed by atoms with Gasteiger partial charge in [-0.05, 0) is 54.8 Å². The van der Waals surface area contributed by atoms with E-state index in [1.165, 1.54) is 0 Å². The zero-order valence-electron chi connectivity index (χ0n) is 20.0. The molecule has 0 radical (unpaired) electrons. The van der Waals surface area contributed by atoms with E-state index < -0.39 is 8.07 Å². The van der Waals surface area contributed by atoms with Gasteiger partial charge in [-0.25, -0.2) is 4.99 Å². The van der Waals surface area contributed by atoms with Crippen molar-refractivity contribution in [3.8, 4) is 0 Å². The Bertz CT molecular complexity index is 1260. The van der Waals surface area contributed by atoms with Crippen LogP contribution in [-0.4, -0.2) is 32.2 Å². The third-order valence-corrected chi connectivity index (χ3v) is 8.48. The second-order valence-electron chi connectivity index (χ2n) is 10.0. The number of aliphatic imine (C=N–C) groups is 1. The summed E-state index contributed by atoms with van der Waals surface area (Å²) in [7, 11) is -1.21. The Kier molecular flexibility index (Phi) is 6.89.